The van der Waals surface area contributed by atoms with Crippen molar-refractivity contribution in [3.05, 3.63) is 250 Å². The highest BCUT2D eigenvalue weighted by Gasteiger charge is 2.47. The van der Waals surface area contributed by atoms with Crippen LogP contribution in [-0.2, 0) is 65.4 Å². The number of imide groups is 4. The van der Waals surface area contributed by atoms with Crippen molar-refractivity contribution in [1.29, 1.82) is 0 Å². The number of carboxylic acid groups (broad SMARTS) is 1. The number of piperidine rings is 2. The lowest BCUT2D eigenvalue weighted by atomic mass is 9.66. The summed E-state index contributed by atoms with van der Waals surface area (Å²) in [5.74, 6) is -2.94. The molecule has 4 fully saturated rings. The maximum Gasteiger partial charge on any atom is 0.303 e. The normalized spacial score (nSPS) is 17.0. The molecule has 2 saturated carbocycles. The Hall–Kier alpha value is -13.9. The number of nitrogens with one attached hydrogen (secondary N) is 2. The number of carboxylic acids is 1. The Balaban J connectivity index is 0.000000150. The van der Waals surface area contributed by atoms with Gasteiger partial charge >= 0.3 is 5.97 Å². The summed E-state index contributed by atoms with van der Waals surface area (Å²) in [6, 6.07) is 57.2. The quantitative estimate of drug-likeness (QED) is 0.0276. The smallest absolute Gasteiger partial charge is 0.303 e. The van der Waals surface area contributed by atoms with Crippen LogP contribution in [0.4, 0.5) is 11.6 Å². The van der Waals surface area contributed by atoms with Crippen molar-refractivity contribution >= 4 is 93.0 Å². The minimum atomic E-state index is -1.02. The maximum atomic E-state index is 13.4. The molecule has 2 aliphatic carbocycles. The van der Waals surface area contributed by atoms with Gasteiger partial charge in [0.15, 0.2) is 22.9 Å². The first-order valence-electron chi connectivity index (χ1n) is 41.0. The minimum Gasteiger partial charge on any atom is -0.481 e. The fourth-order valence-electron chi connectivity index (χ4n) is 17.1. The lowest BCUT2D eigenvalue weighted by molar-refractivity contribution is -0.138. The number of ketones is 1. The van der Waals surface area contributed by atoms with Crippen LogP contribution < -0.4 is 33.6 Å². The molecule has 10 heterocycles. The number of nitrogen functional groups attached to an aromatic ring is 2. The van der Waals surface area contributed by atoms with Gasteiger partial charge in [-0.25, -0.2) is 29.9 Å². The Morgan fingerprint density at radius 1 is 0.479 bits per heavy atom. The van der Waals surface area contributed by atoms with Crippen LogP contribution >= 0.6 is 0 Å². The molecular formula is C94H90N16O11. The highest BCUT2D eigenvalue weighted by Crippen LogP contribution is 2.45. The molecule has 612 valence electrons. The number of nitrogens with zero attached hydrogens (tertiary/aromatic N) is 10. The summed E-state index contributed by atoms with van der Waals surface area (Å²) >= 11 is 0. The summed E-state index contributed by atoms with van der Waals surface area (Å²) in [5, 5.41) is 13.1. The molecular weight excluding hydrogens is 1530 g/mol. The maximum absolute atomic E-state index is 13.4. The van der Waals surface area contributed by atoms with Crippen molar-refractivity contribution in [1.82, 2.24) is 59.5 Å². The van der Waals surface area contributed by atoms with Crippen LogP contribution in [-0.4, -0.2) is 132 Å². The SMILES string of the molecule is CC1(c2ccc(-n3c(-c4cccnc4N)nc4ccc(-c5cccc(CCN)c5)nc43)cc2)CCC1.Nc1ncccc1-c1nc2ccc(-c3cccc(CCCC(=O)CCCc4cccc5c4C(=O)N(C4CCC(=O)NC4=O)C5=O)c3)nc2n1-c1ccc(C2(N)CCC2)cc1.O=C(O)CCCc1cccc2c1C(=O)N(C1CCC(=O)NC1=O)C2=O. The second-order valence-corrected chi connectivity index (χ2v) is 32.0. The molecule has 8 amide bonds. The number of imidazole rings is 2. The average Bonchev–Trinajstić information content (AvgIpc) is 1.60. The molecule has 6 aliphatic rings. The third kappa shape index (κ3) is 16.4. The van der Waals surface area contributed by atoms with Crippen molar-refractivity contribution in [2.45, 2.75) is 158 Å². The second-order valence-electron chi connectivity index (χ2n) is 32.0. The number of carbonyl (C=O) groups excluding carboxylic acids is 9. The zero-order valence-corrected chi connectivity index (χ0v) is 66.8. The van der Waals surface area contributed by atoms with E-state index in [0.29, 0.717) is 97.7 Å². The van der Waals surface area contributed by atoms with Crippen LogP contribution in [0.1, 0.15) is 184 Å². The fraction of sp³-hybridized carbons (Fsp3) is 0.277. The summed E-state index contributed by atoms with van der Waals surface area (Å²) in [6.45, 7) is 2.97. The first-order chi connectivity index (χ1) is 58.5. The minimum absolute atomic E-state index is 0.0390. The number of rotatable bonds is 24. The van der Waals surface area contributed by atoms with Crippen molar-refractivity contribution in [2.75, 3.05) is 18.0 Å². The fourth-order valence-corrected chi connectivity index (χ4v) is 17.1. The second kappa shape index (κ2) is 34.2. The molecule has 27 nitrogen and oxygen atoms in total. The largest absolute Gasteiger partial charge is 0.481 e. The number of nitrogens with two attached hydrogens (primary N) is 4. The van der Waals surface area contributed by atoms with E-state index in [1.807, 2.05) is 65.2 Å². The van der Waals surface area contributed by atoms with Crippen LogP contribution in [0.3, 0.4) is 0 Å². The predicted octanol–water partition coefficient (Wildman–Crippen LogP) is 12.6. The number of hydrogen-bond acceptors (Lipinski definition) is 20. The Bertz CT molecular complexity index is 6160. The van der Waals surface area contributed by atoms with Crippen molar-refractivity contribution in [3.63, 3.8) is 0 Å². The van der Waals surface area contributed by atoms with E-state index >= 15 is 0 Å². The van der Waals surface area contributed by atoms with Gasteiger partial charge in [-0.05, 0) is 232 Å². The van der Waals surface area contributed by atoms with E-state index in [4.69, 9.17) is 48.0 Å². The zero-order valence-electron chi connectivity index (χ0n) is 66.8. The van der Waals surface area contributed by atoms with Crippen molar-refractivity contribution in [2.24, 2.45) is 11.5 Å². The molecule has 2 saturated heterocycles. The summed E-state index contributed by atoms with van der Waals surface area (Å²) in [4.78, 5) is 154. The van der Waals surface area contributed by atoms with E-state index in [-0.39, 0.29) is 71.1 Å². The van der Waals surface area contributed by atoms with Crippen LogP contribution in [0.5, 0.6) is 0 Å². The highest BCUT2D eigenvalue weighted by molar-refractivity contribution is 6.25. The zero-order chi connectivity index (χ0) is 84.4. The third-order valence-corrected chi connectivity index (χ3v) is 24.0. The monoisotopic (exact) mass is 1620 g/mol. The molecule has 6 aromatic heterocycles. The van der Waals surface area contributed by atoms with Crippen LogP contribution in [0.2, 0.25) is 0 Å². The van der Waals surface area contributed by atoms with Crippen LogP contribution in [0.25, 0.3) is 79.0 Å². The Morgan fingerprint density at radius 2 is 0.917 bits per heavy atom. The van der Waals surface area contributed by atoms with E-state index in [0.717, 1.165) is 109 Å². The molecule has 2 atom stereocenters. The number of aryl methyl sites for hydroxylation is 3. The van der Waals surface area contributed by atoms with Gasteiger partial charge in [-0.2, -0.15) is 0 Å². The van der Waals surface area contributed by atoms with Gasteiger partial charge < -0.3 is 28.0 Å². The standard InChI is InChI=1S/C47H44N8O5.C30H30N6.C17H16N2O6/c48-41-35(15-5-26-50-41)42-52-37-21-20-36(51-43(37)54(42)32-18-16-31(17-19-32)47(49)24-6-25-47)30-11-1-7-28(27-30)8-2-12-33(56)13-3-9-29-10-4-14-34-40(29)46(60)55(45(34)59)38-22-23-39(57)53-44(38)58;1-30(15-4-16-30)22-8-10-23(11-9-22)36-28(24-7-3-18-33-27(24)32)35-26-13-12-25(34-29(26)36)21-6-2-5-20(19-21)14-17-31;20-12-8-7-11(15(23)18-12)19-16(24)10-5-1-3-9(14(10)17(19)25)4-2-6-13(21)22/h1,4-5,7,10-11,14-21,26-27,38H,2-3,6,8-9,12-13,22-25,49H2,(H2,48,50)(H,53,57,58);2-3,5-13,18-19H,4,14-17,31H2,1H3,(H2,32,33);1,3,5,11H,2,4,6-8H2,(H,21,22)(H,18,20,23). The highest BCUT2D eigenvalue weighted by atomic mass is 16.4. The number of aromatic nitrogens is 8. The van der Waals surface area contributed by atoms with Gasteiger partial charge in [0.05, 0.1) is 44.8 Å². The topological polar surface area (TPSA) is 413 Å². The number of fused-ring (bicyclic) bond motifs is 4. The number of anilines is 2. The van der Waals surface area contributed by atoms with Gasteiger partial charge in [0, 0.05) is 72.5 Å². The van der Waals surface area contributed by atoms with Gasteiger partial charge in [-0.1, -0.05) is 98.3 Å². The lowest BCUT2D eigenvalue weighted by Crippen LogP contribution is -2.54. The third-order valence-electron chi connectivity index (χ3n) is 24.0. The number of aliphatic carboxylic acids is 1. The number of pyridine rings is 4. The summed E-state index contributed by atoms with van der Waals surface area (Å²) in [5.41, 5.74) is 42.2. The molecule has 0 radical (unpaired) electrons. The van der Waals surface area contributed by atoms with E-state index in [9.17, 15) is 47.9 Å². The van der Waals surface area contributed by atoms with Crippen LogP contribution in [0.15, 0.2) is 194 Å². The van der Waals surface area contributed by atoms with Crippen LogP contribution in [0, 0.1) is 0 Å². The van der Waals surface area contributed by atoms with Gasteiger partial charge in [-0.3, -0.25) is 77.5 Å². The number of benzene rings is 6. The molecule has 12 aromatic rings. The number of hydrogen-bond donors (Lipinski definition) is 7. The predicted molar refractivity (Wildman–Crippen MR) is 455 cm³/mol. The summed E-state index contributed by atoms with van der Waals surface area (Å²) in [6.07, 6.45) is 15.1. The van der Waals surface area contributed by atoms with E-state index in [1.54, 1.807) is 42.7 Å². The summed E-state index contributed by atoms with van der Waals surface area (Å²) < 4.78 is 4.12. The van der Waals surface area contributed by atoms with Gasteiger partial charge in [0.25, 0.3) is 23.6 Å². The van der Waals surface area contributed by atoms with E-state index < -0.39 is 65.3 Å². The van der Waals surface area contributed by atoms with E-state index in [1.165, 1.54) is 36.5 Å². The first-order valence-corrected chi connectivity index (χ1v) is 41.0. The Morgan fingerprint density at radius 3 is 1.35 bits per heavy atom. The van der Waals surface area contributed by atoms with Gasteiger partial charge in [0.2, 0.25) is 23.6 Å². The van der Waals surface area contributed by atoms with E-state index in [2.05, 4.69) is 117 Å². The molecule has 27 heteroatoms. The molecule has 0 bridgehead atoms. The van der Waals surface area contributed by atoms with Crippen molar-refractivity contribution < 1.29 is 53.1 Å². The Kier molecular flexibility index (Phi) is 22.8. The molecule has 0 spiro atoms. The molecule has 2 unspecified atom stereocenters. The summed E-state index contributed by atoms with van der Waals surface area (Å²) in [7, 11) is 0. The molecule has 121 heavy (non-hydrogen) atoms. The number of carbonyl (C=O) groups is 10. The molecule has 4 aliphatic heterocycles. The lowest BCUT2D eigenvalue weighted by Gasteiger charge is -2.39. The average molecular weight is 1620 g/mol. The molecule has 11 N–H and O–H groups in total. The molecule has 18 rings (SSSR count). The van der Waals surface area contributed by atoms with Crippen molar-refractivity contribution in [3.8, 4) is 56.7 Å². The Labute approximate surface area is 696 Å². The number of amides is 8. The van der Waals surface area contributed by atoms with Gasteiger partial charge in [-0.15, -0.1) is 0 Å². The first kappa shape index (κ1) is 80.9. The molecule has 6 aromatic carbocycles. The number of Topliss-reactive ketones (excluding diaryl/α,β-unsaturated/α-hetero) is 1. The van der Waals surface area contributed by atoms with Gasteiger partial charge in [0.1, 0.15) is 40.5 Å².